The van der Waals surface area contributed by atoms with Crippen LogP contribution in [0.25, 0.3) is 0 Å². The number of ether oxygens (including phenoxy) is 1. The third-order valence-electron chi connectivity index (χ3n) is 5.76. The topological polar surface area (TPSA) is 61.9 Å². The highest BCUT2D eigenvalue weighted by atomic mass is 32.1. The third-order valence-corrected chi connectivity index (χ3v) is 6.63. The summed E-state index contributed by atoms with van der Waals surface area (Å²) in [5.41, 5.74) is 1.29. The van der Waals surface area contributed by atoms with E-state index in [9.17, 15) is 9.59 Å². The minimum absolute atomic E-state index is 0.0249. The molecule has 0 radical (unpaired) electrons. The summed E-state index contributed by atoms with van der Waals surface area (Å²) in [4.78, 5) is 30.6. The van der Waals surface area contributed by atoms with Gasteiger partial charge in [-0.3, -0.25) is 14.5 Å². The molecule has 7 heteroatoms. The number of hydrogen-bond donors (Lipinski definition) is 1. The van der Waals surface area contributed by atoms with Crippen LogP contribution in [0.1, 0.15) is 23.3 Å². The smallest absolute Gasteiger partial charge is 0.242 e. The lowest BCUT2D eigenvalue weighted by Crippen LogP contribution is -2.51. The predicted octanol–water partition coefficient (Wildman–Crippen LogP) is 2.30. The normalized spacial score (nSPS) is 22.2. The molecule has 1 N–H and O–H groups in total. The van der Waals surface area contributed by atoms with Gasteiger partial charge in [0.2, 0.25) is 11.8 Å². The van der Waals surface area contributed by atoms with Crippen LogP contribution < -0.4 is 5.32 Å². The molecule has 2 atom stereocenters. The number of carbonyl (C=O) groups is 2. The molecule has 2 saturated heterocycles. The Labute approximate surface area is 181 Å². The number of carbonyl (C=O) groups excluding carboxylic acids is 2. The summed E-state index contributed by atoms with van der Waals surface area (Å²) in [7, 11) is 0. The molecule has 4 rings (SSSR count). The Morgan fingerprint density at radius 3 is 2.80 bits per heavy atom. The molecule has 1 aromatic carbocycles. The highest BCUT2D eigenvalue weighted by Gasteiger charge is 2.34. The first-order chi connectivity index (χ1) is 14.7. The maximum atomic E-state index is 12.8. The summed E-state index contributed by atoms with van der Waals surface area (Å²) >= 11 is 1.58. The van der Waals surface area contributed by atoms with Crippen molar-refractivity contribution in [3.05, 3.63) is 58.3 Å². The van der Waals surface area contributed by atoms with E-state index < -0.39 is 0 Å². The SMILES string of the molecule is O=C(NCC1CN(Cc2ccccc2)CCO1)C1CCCN1C(=O)Cc1cccs1. The fourth-order valence-corrected chi connectivity index (χ4v) is 4.92. The molecule has 1 aromatic heterocycles. The maximum absolute atomic E-state index is 12.8. The Morgan fingerprint density at radius 1 is 1.13 bits per heavy atom. The molecule has 0 spiro atoms. The van der Waals surface area contributed by atoms with Gasteiger partial charge in [-0.1, -0.05) is 36.4 Å². The summed E-state index contributed by atoms with van der Waals surface area (Å²) in [6.07, 6.45) is 1.96. The Hall–Kier alpha value is -2.22. The first kappa shape index (κ1) is 21.0. The van der Waals surface area contributed by atoms with Gasteiger partial charge < -0.3 is 15.0 Å². The van der Waals surface area contributed by atoms with Crippen molar-refractivity contribution in [2.75, 3.05) is 32.8 Å². The lowest BCUT2D eigenvalue weighted by Gasteiger charge is -2.33. The molecular formula is C23H29N3O3S. The van der Waals surface area contributed by atoms with Gasteiger partial charge in [0.15, 0.2) is 0 Å². The first-order valence-corrected chi connectivity index (χ1v) is 11.5. The predicted molar refractivity (Wildman–Crippen MR) is 117 cm³/mol. The lowest BCUT2D eigenvalue weighted by molar-refractivity contribution is -0.138. The number of thiophene rings is 1. The van der Waals surface area contributed by atoms with Crippen LogP contribution in [0.2, 0.25) is 0 Å². The van der Waals surface area contributed by atoms with Crippen molar-refractivity contribution in [1.29, 1.82) is 0 Å². The molecule has 2 amide bonds. The van der Waals surface area contributed by atoms with Gasteiger partial charge in [0.25, 0.3) is 0 Å². The van der Waals surface area contributed by atoms with Gasteiger partial charge in [-0.05, 0) is 29.9 Å². The average molecular weight is 428 g/mol. The Bertz CT molecular complexity index is 827. The number of nitrogens with one attached hydrogen (secondary N) is 1. The molecule has 3 heterocycles. The van der Waals surface area contributed by atoms with Crippen LogP contribution in [-0.2, 0) is 27.3 Å². The molecule has 160 valence electrons. The number of hydrogen-bond acceptors (Lipinski definition) is 5. The summed E-state index contributed by atoms with van der Waals surface area (Å²) in [6.45, 7) is 4.39. The van der Waals surface area contributed by atoms with E-state index in [2.05, 4.69) is 34.5 Å². The van der Waals surface area contributed by atoms with Crippen LogP contribution in [0.3, 0.4) is 0 Å². The van der Waals surface area contributed by atoms with E-state index in [0.717, 1.165) is 37.4 Å². The molecule has 2 aromatic rings. The number of morpholine rings is 1. The number of rotatable bonds is 7. The molecule has 6 nitrogen and oxygen atoms in total. The van der Waals surface area contributed by atoms with Crippen molar-refractivity contribution in [1.82, 2.24) is 15.1 Å². The zero-order valence-corrected chi connectivity index (χ0v) is 18.0. The van der Waals surface area contributed by atoms with E-state index in [1.807, 2.05) is 23.6 Å². The van der Waals surface area contributed by atoms with E-state index in [1.165, 1.54) is 5.56 Å². The highest BCUT2D eigenvalue weighted by Crippen LogP contribution is 2.20. The first-order valence-electron chi connectivity index (χ1n) is 10.7. The van der Waals surface area contributed by atoms with E-state index >= 15 is 0 Å². The highest BCUT2D eigenvalue weighted by molar-refractivity contribution is 7.10. The van der Waals surface area contributed by atoms with E-state index in [1.54, 1.807) is 16.2 Å². The van der Waals surface area contributed by atoms with Crippen molar-refractivity contribution >= 4 is 23.2 Å². The van der Waals surface area contributed by atoms with Gasteiger partial charge in [0, 0.05) is 37.6 Å². The van der Waals surface area contributed by atoms with E-state index in [4.69, 9.17) is 4.74 Å². The average Bonchev–Trinajstić information content (AvgIpc) is 3.45. The van der Waals surface area contributed by atoms with Crippen molar-refractivity contribution in [3.8, 4) is 0 Å². The Balaban J connectivity index is 1.25. The second kappa shape index (κ2) is 10.2. The Morgan fingerprint density at radius 2 is 2.00 bits per heavy atom. The number of amides is 2. The van der Waals surface area contributed by atoms with Crippen molar-refractivity contribution < 1.29 is 14.3 Å². The second-order valence-corrected chi connectivity index (χ2v) is 8.99. The van der Waals surface area contributed by atoms with Gasteiger partial charge in [-0.2, -0.15) is 0 Å². The largest absolute Gasteiger partial charge is 0.374 e. The fraction of sp³-hybridized carbons (Fsp3) is 0.478. The monoisotopic (exact) mass is 427 g/mol. The fourth-order valence-electron chi connectivity index (χ4n) is 4.22. The summed E-state index contributed by atoms with van der Waals surface area (Å²) in [5.74, 6) is -0.0196. The molecule has 0 saturated carbocycles. The van der Waals surface area contributed by atoms with Crippen LogP contribution in [0.4, 0.5) is 0 Å². The molecule has 30 heavy (non-hydrogen) atoms. The molecule has 0 bridgehead atoms. The minimum atomic E-state index is -0.360. The van der Waals surface area contributed by atoms with Crippen LogP contribution >= 0.6 is 11.3 Å². The quantitative estimate of drug-likeness (QED) is 0.737. The molecular weight excluding hydrogens is 398 g/mol. The van der Waals surface area contributed by atoms with Gasteiger partial charge in [0.1, 0.15) is 6.04 Å². The molecule has 2 unspecified atom stereocenters. The van der Waals surface area contributed by atoms with Gasteiger partial charge in [-0.25, -0.2) is 0 Å². The van der Waals surface area contributed by atoms with Crippen LogP contribution in [0.15, 0.2) is 47.8 Å². The van der Waals surface area contributed by atoms with Crippen molar-refractivity contribution in [2.45, 2.75) is 38.0 Å². The van der Waals surface area contributed by atoms with Crippen molar-refractivity contribution in [3.63, 3.8) is 0 Å². The van der Waals surface area contributed by atoms with Gasteiger partial charge in [0.05, 0.1) is 19.1 Å². The molecule has 2 aliphatic heterocycles. The third kappa shape index (κ3) is 5.47. The summed E-state index contributed by atoms with van der Waals surface area (Å²) in [5, 5.41) is 5.01. The van der Waals surface area contributed by atoms with Gasteiger partial charge >= 0.3 is 0 Å². The number of benzene rings is 1. The lowest BCUT2D eigenvalue weighted by atomic mass is 10.1. The van der Waals surface area contributed by atoms with Crippen LogP contribution in [0.5, 0.6) is 0 Å². The van der Waals surface area contributed by atoms with Crippen LogP contribution in [-0.4, -0.2) is 66.5 Å². The number of likely N-dealkylation sites (tertiary alicyclic amines) is 1. The molecule has 2 fully saturated rings. The summed E-state index contributed by atoms with van der Waals surface area (Å²) in [6, 6.07) is 14.0. The minimum Gasteiger partial charge on any atom is -0.374 e. The summed E-state index contributed by atoms with van der Waals surface area (Å²) < 4.78 is 5.87. The van der Waals surface area contributed by atoms with E-state index in [-0.39, 0.29) is 24.0 Å². The number of nitrogens with zero attached hydrogens (tertiary/aromatic N) is 2. The van der Waals surface area contributed by atoms with Crippen LogP contribution in [0, 0.1) is 0 Å². The molecule has 2 aliphatic rings. The maximum Gasteiger partial charge on any atom is 0.242 e. The zero-order chi connectivity index (χ0) is 20.8. The van der Waals surface area contributed by atoms with Crippen molar-refractivity contribution in [2.24, 2.45) is 0 Å². The standard InChI is InChI=1S/C23H29N3O3S/c27-22(14-20-8-5-13-30-20)26-10-4-9-21(26)23(28)24-15-19-17-25(11-12-29-19)16-18-6-2-1-3-7-18/h1-3,5-8,13,19,21H,4,9-12,14-17H2,(H,24,28). The van der Waals surface area contributed by atoms with Gasteiger partial charge in [-0.15, -0.1) is 11.3 Å². The zero-order valence-electron chi connectivity index (χ0n) is 17.2. The van der Waals surface area contributed by atoms with E-state index in [0.29, 0.717) is 26.1 Å². The molecule has 0 aliphatic carbocycles. The second-order valence-electron chi connectivity index (χ2n) is 7.96. The Kier molecular flexibility index (Phi) is 7.15.